The van der Waals surface area contributed by atoms with E-state index in [0.29, 0.717) is 24.5 Å². The smallest absolute Gasteiger partial charge is 0.413 e. The summed E-state index contributed by atoms with van der Waals surface area (Å²) >= 11 is 0. The zero-order valence-electron chi connectivity index (χ0n) is 19.7. The second kappa shape index (κ2) is 10.6. The summed E-state index contributed by atoms with van der Waals surface area (Å²) in [6.07, 6.45) is 5.72. The fraction of sp³-hybridized carbons (Fsp3) is 0.640. The van der Waals surface area contributed by atoms with E-state index in [0.717, 1.165) is 55.7 Å². The predicted octanol–water partition coefficient (Wildman–Crippen LogP) is 4.38. The summed E-state index contributed by atoms with van der Waals surface area (Å²) in [6, 6.07) is 9.03. The van der Waals surface area contributed by atoms with Crippen molar-refractivity contribution in [1.29, 1.82) is 0 Å². The first-order valence-corrected chi connectivity index (χ1v) is 12.2. The average Bonchev–Trinajstić information content (AvgIpc) is 3.17. The number of aromatic nitrogens is 1. The van der Waals surface area contributed by atoms with E-state index < -0.39 is 6.09 Å². The molecule has 4 rings (SSSR count). The molecule has 0 aliphatic carbocycles. The molecule has 0 spiro atoms. The maximum absolute atomic E-state index is 12.2. The van der Waals surface area contributed by atoms with Crippen LogP contribution in [0.1, 0.15) is 52.9 Å². The number of rotatable bonds is 7. The summed E-state index contributed by atoms with van der Waals surface area (Å²) in [5, 5.41) is 3.85. The quantitative estimate of drug-likeness (QED) is 0.666. The van der Waals surface area contributed by atoms with Gasteiger partial charge in [0.15, 0.2) is 0 Å². The van der Waals surface area contributed by atoms with Crippen molar-refractivity contribution >= 4 is 17.0 Å². The van der Waals surface area contributed by atoms with Crippen LogP contribution in [0.25, 0.3) is 10.9 Å². The summed E-state index contributed by atoms with van der Waals surface area (Å²) in [7, 11) is 0. The lowest BCUT2D eigenvalue weighted by Gasteiger charge is -2.34. The Morgan fingerprint density at radius 2 is 1.97 bits per heavy atom. The number of hydrogen-bond donors (Lipinski definition) is 2. The standard InChI is InChI=1S/C25H38N4O3/c1-18(2)28-13-9-21(10-14-28)31-22-7-8-23-20(16-22)17-24(27-23)32-25(30)26-11-15-29-12-5-4-6-19(29)3/h7-8,16-19,21,27H,4-6,9-15H2,1-3H3,(H,26,30). The normalized spacial score (nSPS) is 21.2. The van der Waals surface area contributed by atoms with Crippen LogP contribution in [-0.2, 0) is 0 Å². The highest BCUT2D eigenvalue weighted by molar-refractivity contribution is 5.84. The molecule has 1 amide bonds. The summed E-state index contributed by atoms with van der Waals surface area (Å²) in [4.78, 5) is 20.3. The Balaban J connectivity index is 1.26. The number of likely N-dealkylation sites (tertiary alicyclic amines) is 2. The molecule has 2 saturated heterocycles. The number of aromatic amines is 1. The number of H-pyrrole nitrogens is 1. The van der Waals surface area contributed by atoms with E-state index in [1.54, 1.807) is 0 Å². The molecule has 7 heteroatoms. The average molecular weight is 443 g/mol. The van der Waals surface area contributed by atoms with Crippen LogP contribution in [0.5, 0.6) is 11.6 Å². The highest BCUT2D eigenvalue weighted by Gasteiger charge is 2.22. The van der Waals surface area contributed by atoms with E-state index in [4.69, 9.17) is 9.47 Å². The van der Waals surface area contributed by atoms with Crippen LogP contribution in [0.15, 0.2) is 24.3 Å². The predicted molar refractivity (Wildman–Crippen MR) is 128 cm³/mol. The van der Waals surface area contributed by atoms with Gasteiger partial charge in [0.25, 0.3) is 0 Å². The molecule has 1 unspecified atom stereocenters. The maximum atomic E-state index is 12.2. The largest absolute Gasteiger partial charge is 0.490 e. The third kappa shape index (κ3) is 5.95. The molecule has 1 aromatic carbocycles. The van der Waals surface area contributed by atoms with Gasteiger partial charge in [-0.2, -0.15) is 0 Å². The lowest BCUT2D eigenvalue weighted by atomic mass is 10.0. The molecule has 2 fully saturated rings. The third-order valence-corrected chi connectivity index (χ3v) is 6.89. The minimum absolute atomic E-state index is 0.255. The number of carbonyl (C=O) groups excluding carboxylic acids is 1. The Labute approximate surface area is 191 Å². The molecule has 0 saturated carbocycles. The Hall–Kier alpha value is -2.25. The van der Waals surface area contributed by atoms with Crippen LogP contribution in [0.3, 0.4) is 0 Å². The van der Waals surface area contributed by atoms with Gasteiger partial charge in [-0.05, 0) is 71.2 Å². The first-order valence-electron chi connectivity index (χ1n) is 12.2. The van der Waals surface area contributed by atoms with Gasteiger partial charge >= 0.3 is 6.09 Å². The molecule has 0 radical (unpaired) electrons. The van der Waals surface area contributed by atoms with E-state index in [1.165, 1.54) is 19.3 Å². The monoisotopic (exact) mass is 442 g/mol. The van der Waals surface area contributed by atoms with Crippen LogP contribution < -0.4 is 14.8 Å². The highest BCUT2D eigenvalue weighted by Crippen LogP contribution is 2.27. The molecule has 32 heavy (non-hydrogen) atoms. The van der Waals surface area contributed by atoms with Crippen molar-refractivity contribution in [2.24, 2.45) is 0 Å². The highest BCUT2D eigenvalue weighted by atomic mass is 16.6. The first-order chi connectivity index (χ1) is 15.5. The second-order valence-electron chi connectivity index (χ2n) is 9.53. The van der Waals surface area contributed by atoms with Gasteiger partial charge in [-0.25, -0.2) is 4.79 Å². The molecular weight excluding hydrogens is 404 g/mol. The van der Waals surface area contributed by atoms with Crippen molar-refractivity contribution in [1.82, 2.24) is 20.1 Å². The van der Waals surface area contributed by atoms with Crippen LogP contribution in [0.4, 0.5) is 4.79 Å². The third-order valence-electron chi connectivity index (χ3n) is 6.89. The van der Waals surface area contributed by atoms with Gasteiger partial charge in [-0.3, -0.25) is 4.90 Å². The van der Waals surface area contributed by atoms with Gasteiger partial charge in [-0.1, -0.05) is 6.42 Å². The number of hydrogen-bond acceptors (Lipinski definition) is 5. The Morgan fingerprint density at radius 1 is 1.16 bits per heavy atom. The van der Waals surface area contributed by atoms with Crippen molar-refractivity contribution in [3.05, 3.63) is 24.3 Å². The zero-order valence-corrected chi connectivity index (χ0v) is 19.7. The van der Waals surface area contributed by atoms with Gasteiger partial charge in [-0.15, -0.1) is 0 Å². The summed E-state index contributed by atoms with van der Waals surface area (Å²) in [5.41, 5.74) is 0.928. The molecule has 0 bridgehead atoms. The van der Waals surface area contributed by atoms with Crippen molar-refractivity contribution < 1.29 is 14.3 Å². The fourth-order valence-corrected chi connectivity index (χ4v) is 4.84. The molecule has 1 aromatic heterocycles. The van der Waals surface area contributed by atoms with Crippen LogP contribution in [0, 0.1) is 0 Å². The van der Waals surface area contributed by atoms with E-state index in [1.807, 2.05) is 24.3 Å². The minimum Gasteiger partial charge on any atom is -0.490 e. The molecule has 176 valence electrons. The Kier molecular flexibility index (Phi) is 7.58. The number of nitrogens with zero attached hydrogens (tertiary/aromatic N) is 2. The number of piperidine rings is 2. The molecular formula is C25H38N4O3. The number of fused-ring (bicyclic) bond motifs is 1. The van der Waals surface area contributed by atoms with E-state index >= 15 is 0 Å². The van der Waals surface area contributed by atoms with Crippen molar-refractivity contribution in [2.75, 3.05) is 32.7 Å². The number of carbonyl (C=O) groups is 1. The molecule has 2 aromatic rings. The molecule has 2 N–H and O–H groups in total. The van der Waals surface area contributed by atoms with Crippen molar-refractivity contribution in [3.63, 3.8) is 0 Å². The lowest BCUT2D eigenvalue weighted by Crippen LogP contribution is -2.42. The summed E-state index contributed by atoms with van der Waals surface area (Å²) < 4.78 is 11.7. The number of benzene rings is 1. The molecule has 7 nitrogen and oxygen atoms in total. The fourth-order valence-electron chi connectivity index (χ4n) is 4.84. The summed E-state index contributed by atoms with van der Waals surface area (Å²) in [6.45, 7) is 11.5. The lowest BCUT2D eigenvalue weighted by molar-refractivity contribution is 0.0844. The van der Waals surface area contributed by atoms with E-state index in [2.05, 4.69) is 40.9 Å². The van der Waals surface area contributed by atoms with Crippen molar-refractivity contribution in [2.45, 2.75) is 71.1 Å². The second-order valence-corrected chi connectivity index (χ2v) is 9.53. The van der Waals surface area contributed by atoms with Crippen LogP contribution in [-0.4, -0.2) is 71.8 Å². The molecule has 2 aliphatic rings. The number of amides is 1. The minimum atomic E-state index is -0.422. The first kappa shape index (κ1) is 22.9. The number of ether oxygens (including phenoxy) is 2. The zero-order chi connectivity index (χ0) is 22.5. The SMILES string of the molecule is CC(C)N1CCC(Oc2ccc3[nH]c(OC(=O)NCCN4CCCCC4C)cc3c2)CC1. The maximum Gasteiger partial charge on any atom is 0.413 e. The Bertz CT molecular complexity index is 888. The molecule has 3 heterocycles. The van der Waals surface area contributed by atoms with E-state index in [9.17, 15) is 4.79 Å². The molecule has 1 atom stereocenters. The Morgan fingerprint density at radius 3 is 2.72 bits per heavy atom. The van der Waals surface area contributed by atoms with Crippen molar-refractivity contribution in [3.8, 4) is 11.6 Å². The molecule has 2 aliphatic heterocycles. The van der Waals surface area contributed by atoms with Crippen LogP contribution >= 0.6 is 0 Å². The van der Waals surface area contributed by atoms with Crippen LogP contribution in [0.2, 0.25) is 0 Å². The van der Waals surface area contributed by atoms with E-state index in [-0.39, 0.29) is 6.10 Å². The summed E-state index contributed by atoms with van der Waals surface area (Å²) in [5.74, 6) is 1.32. The van der Waals surface area contributed by atoms with Gasteiger partial charge in [0, 0.05) is 55.2 Å². The van der Waals surface area contributed by atoms with Gasteiger partial charge in [0.2, 0.25) is 5.88 Å². The van der Waals surface area contributed by atoms with Gasteiger partial charge < -0.3 is 24.7 Å². The van der Waals surface area contributed by atoms with Gasteiger partial charge in [0.05, 0.1) is 0 Å². The number of nitrogens with one attached hydrogen (secondary N) is 2. The van der Waals surface area contributed by atoms with Gasteiger partial charge in [0.1, 0.15) is 11.9 Å². The topological polar surface area (TPSA) is 69.8 Å².